The molecule has 1 atom stereocenters. The van der Waals surface area contributed by atoms with Crippen LogP contribution in [0.15, 0.2) is 0 Å². The van der Waals surface area contributed by atoms with Gasteiger partial charge in [-0.2, -0.15) is 10.4 Å². The van der Waals surface area contributed by atoms with E-state index in [4.69, 9.17) is 0 Å². The molecular weight excluding hydrogens is 256 g/mol. The van der Waals surface area contributed by atoms with Gasteiger partial charge in [-0.15, -0.1) is 5.10 Å². The molecule has 0 saturated carbocycles. The Labute approximate surface area is 118 Å². The Morgan fingerprint density at radius 2 is 2.10 bits per heavy atom. The summed E-state index contributed by atoms with van der Waals surface area (Å²) < 4.78 is 0. The quantitative estimate of drug-likeness (QED) is 0.884. The maximum atomic E-state index is 11.6. The lowest BCUT2D eigenvalue weighted by Crippen LogP contribution is -2.56. The lowest BCUT2D eigenvalue weighted by molar-refractivity contribution is -0.143. The highest BCUT2D eigenvalue weighted by Gasteiger charge is 2.43. The summed E-state index contributed by atoms with van der Waals surface area (Å²) in [7, 11) is 0. The van der Waals surface area contributed by atoms with Crippen LogP contribution in [0.5, 0.6) is 0 Å². The number of hydrogen-bond acceptors (Lipinski definition) is 5. The van der Waals surface area contributed by atoms with Crippen molar-refractivity contribution in [2.75, 3.05) is 11.4 Å². The summed E-state index contributed by atoms with van der Waals surface area (Å²) in [6.45, 7) is 5.87. The number of nitrogens with zero attached hydrogens (tertiary/aromatic N) is 4. The van der Waals surface area contributed by atoms with Gasteiger partial charge in [0.15, 0.2) is 5.82 Å². The minimum Gasteiger partial charge on any atom is -0.480 e. The van der Waals surface area contributed by atoms with Crippen molar-refractivity contribution in [3.8, 4) is 6.07 Å². The minimum absolute atomic E-state index is 0.389. The van der Waals surface area contributed by atoms with Crippen LogP contribution < -0.4 is 4.90 Å². The topological polar surface area (TPSA) is 90.1 Å². The second-order valence-electron chi connectivity index (χ2n) is 5.41. The molecule has 0 radical (unpaired) electrons. The van der Waals surface area contributed by atoms with Crippen molar-refractivity contribution >= 4 is 11.8 Å². The van der Waals surface area contributed by atoms with Crippen molar-refractivity contribution in [2.45, 2.75) is 45.6 Å². The van der Waals surface area contributed by atoms with Crippen LogP contribution in [-0.2, 0) is 4.79 Å². The van der Waals surface area contributed by atoms with Gasteiger partial charge < -0.3 is 10.0 Å². The number of carbonyl (C=O) groups is 1. The summed E-state index contributed by atoms with van der Waals surface area (Å²) in [4.78, 5) is 13.4. The molecule has 0 aromatic carbocycles. The number of carboxylic acids is 1. The SMILES string of the molecule is Cc1nnc(N2CCCCC2(C)C(=O)O)c(C#N)c1C. The van der Waals surface area contributed by atoms with Crippen molar-refractivity contribution in [3.63, 3.8) is 0 Å². The van der Waals surface area contributed by atoms with E-state index in [2.05, 4.69) is 16.3 Å². The molecule has 2 rings (SSSR count). The predicted octanol–water partition coefficient (Wildman–Crippen LogP) is 1.80. The van der Waals surface area contributed by atoms with Gasteiger partial charge >= 0.3 is 5.97 Å². The molecule has 1 aromatic heterocycles. The number of piperidine rings is 1. The standard InChI is InChI=1S/C14H18N4O2/c1-9-10(2)16-17-12(11(9)8-15)18-7-5-4-6-14(18,3)13(19)20/h4-7H2,1-3H3,(H,19,20). The number of anilines is 1. The highest BCUT2D eigenvalue weighted by molar-refractivity contribution is 5.83. The van der Waals surface area contributed by atoms with Gasteiger partial charge in [0.1, 0.15) is 17.2 Å². The van der Waals surface area contributed by atoms with Crippen LogP contribution in [0.1, 0.15) is 43.0 Å². The molecule has 1 aromatic rings. The number of carboxylic acid groups (broad SMARTS) is 1. The number of aryl methyl sites for hydroxylation is 1. The van der Waals surface area contributed by atoms with E-state index in [9.17, 15) is 15.2 Å². The van der Waals surface area contributed by atoms with E-state index < -0.39 is 11.5 Å². The molecule has 1 saturated heterocycles. The van der Waals surface area contributed by atoms with Crippen molar-refractivity contribution < 1.29 is 9.90 Å². The fourth-order valence-electron chi connectivity index (χ4n) is 2.60. The van der Waals surface area contributed by atoms with Crippen LogP contribution in [0, 0.1) is 25.2 Å². The van der Waals surface area contributed by atoms with E-state index in [1.807, 2.05) is 6.92 Å². The molecule has 0 aliphatic carbocycles. The van der Waals surface area contributed by atoms with Gasteiger partial charge in [-0.3, -0.25) is 0 Å². The van der Waals surface area contributed by atoms with Crippen molar-refractivity contribution in [2.24, 2.45) is 0 Å². The second-order valence-corrected chi connectivity index (χ2v) is 5.41. The van der Waals surface area contributed by atoms with Gasteiger partial charge in [0.25, 0.3) is 0 Å². The fraction of sp³-hybridized carbons (Fsp3) is 0.571. The molecule has 20 heavy (non-hydrogen) atoms. The Kier molecular flexibility index (Phi) is 3.62. The molecule has 1 aliphatic heterocycles. The molecule has 6 heteroatoms. The first kappa shape index (κ1) is 14.3. The molecule has 0 amide bonds. The first-order valence-corrected chi connectivity index (χ1v) is 6.67. The second kappa shape index (κ2) is 5.08. The largest absolute Gasteiger partial charge is 0.480 e. The maximum Gasteiger partial charge on any atom is 0.329 e. The van der Waals surface area contributed by atoms with Crippen LogP contribution in [0.3, 0.4) is 0 Å². The number of aliphatic carboxylic acids is 1. The molecule has 1 N–H and O–H groups in total. The third-order valence-corrected chi connectivity index (χ3v) is 4.16. The number of rotatable bonds is 2. The fourth-order valence-corrected chi connectivity index (χ4v) is 2.60. The predicted molar refractivity (Wildman–Crippen MR) is 73.5 cm³/mol. The van der Waals surface area contributed by atoms with Crippen molar-refractivity contribution in [1.29, 1.82) is 5.26 Å². The number of aromatic nitrogens is 2. The molecular formula is C14H18N4O2. The average molecular weight is 274 g/mol. The smallest absolute Gasteiger partial charge is 0.329 e. The third kappa shape index (κ3) is 2.09. The Balaban J connectivity index is 2.57. The highest BCUT2D eigenvalue weighted by Crippen LogP contribution is 2.34. The first-order chi connectivity index (χ1) is 9.41. The van der Waals surface area contributed by atoms with Gasteiger partial charge in [0.05, 0.1) is 5.69 Å². The van der Waals surface area contributed by atoms with Crippen LogP contribution in [0.25, 0.3) is 0 Å². The van der Waals surface area contributed by atoms with Gasteiger partial charge in [0, 0.05) is 6.54 Å². The zero-order valence-electron chi connectivity index (χ0n) is 12.0. The van der Waals surface area contributed by atoms with E-state index in [1.54, 1.807) is 18.7 Å². The molecule has 0 spiro atoms. The van der Waals surface area contributed by atoms with Gasteiger partial charge in [0.2, 0.25) is 0 Å². The normalized spacial score (nSPS) is 22.4. The zero-order valence-corrected chi connectivity index (χ0v) is 12.0. The van der Waals surface area contributed by atoms with Gasteiger partial charge in [-0.25, -0.2) is 4.79 Å². The Bertz CT molecular complexity index is 594. The Morgan fingerprint density at radius 1 is 1.40 bits per heavy atom. The van der Waals surface area contributed by atoms with Crippen molar-refractivity contribution in [1.82, 2.24) is 10.2 Å². The molecule has 0 bridgehead atoms. The zero-order chi connectivity index (χ0) is 14.9. The first-order valence-electron chi connectivity index (χ1n) is 6.67. The maximum absolute atomic E-state index is 11.6. The molecule has 106 valence electrons. The average Bonchev–Trinajstić information content (AvgIpc) is 2.42. The van der Waals surface area contributed by atoms with E-state index in [1.165, 1.54) is 0 Å². The Hall–Kier alpha value is -2.16. The summed E-state index contributed by atoms with van der Waals surface area (Å²) >= 11 is 0. The van der Waals surface area contributed by atoms with Crippen LogP contribution in [0.2, 0.25) is 0 Å². The summed E-state index contributed by atoms with van der Waals surface area (Å²) in [6, 6.07) is 2.14. The van der Waals surface area contributed by atoms with E-state index in [0.717, 1.165) is 18.4 Å². The Morgan fingerprint density at radius 3 is 2.70 bits per heavy atom. The molecule has 6 nitrogen and oxygen atoms in total. The minimum atomic E-state index is -1.03. The lowest BCUT2D eigenvalue weighted by atomic mass is 9.88. The summed E-state index contributed by atoms with van der Waals surface area (Å²) in [6.07, 6.45) is 2.30. The van der Waals surface area contributed by atoms with E-state index in [-0.39, 0.29) is 0 Å². The van der Waals surface area contributed by atoms with Crippen LogP contribution in [-0.4, -0.2) is 33.4 Å². The third-order valence-electron chi connectivity index (χ3n) is 4.16. The summed E-state index contributed by atoms with van der Waals surface area (Å²) in [5.41, 5.74) is 0.849. The monoisotopic (exact) mass is 274 g/mol. The highest BCUT2D eigenvalue weighted by atomic mass is 16.4. The molecule has 1 fully saturated rings. The molecule has 2 heterocycles. The number of hydrogen-bond donors (Lipinski definition) is 1. The lowest BCUT2D eigenvalue weighted by Gasteiger charge is -2.42. The van der Waals surface area contributed by atoms with Gasteiger partial charge in [-0.05, 0) is 45.6 Å². The summed E-state index contributed by atoms with van der Waals surface area (Å²) in [5, 5.41) is 27.1. The summed E-state index contributed by atoms with van der Waals surface area (Å²) in [5.74, 6) is -0.499. The molecule has 1 aliphatic rings. The van der Waals surface area contributed by atoms with Gasteiger partial charge in [-0.1, -0.05) is 0 Å². The van der Waals surface area contributed by atoms with Crippen molar-refractivity contribution in [3.05, 3.63) is 16.8 Å². The number of nitriles is 1. The van der Waals surface area contributed by atoms with Crippen LogP contribution in [0.4, 0.5) is 5.82 Å². The van der Waals surface area contributed by atoms with Crippen LogP contribution >= 0.6 is 0 Å². The molecule has 1 unspecified atom stereocenters. The van der Waals surface area contributed by atoms with E-state index >= 15 is 0 Å². The van der Waals surface area contributed by atoms with E-state index in [0.29, 0.717) is 30.0 Å².